The van der Waals surface area contributed by atoms with E-state index < -0.39 is 11.7 Å². The molecular weight excluding hydrogens is 335 g/mol. The minimum absolute atomic E-state index is 0.587. The molecule has 1 saturated heterocycles. The molecule has 0 aromatic heterocycles. The van der Waals surface area contributed by atoms with Crippen molar-refractivity contribution < 1.29 is 13.2 Å². The van der Waals surface area contributed by atoms with E-state index >= 15 is 0 Å². The predicted molar refractivity (Wildman–Crippen MR) is 98.1 cm³/mol. The van der Waals surface area contributed by atoms with Crippen LogP contribution in [0.4, 0.5) is 13.2 Å². The van der Waals surface area contributed by atoms with E-state index in [2.05, 4.69) is 24.0 Å². The number of likely N-dealkylation sites (tertiary alicyclic amines) is 1. The number of fused-ring (bicyclic) bond motifs is 1. The molecule has 0 spiro atoms. The fourth-order valence-electron chi connectivity index (χ4n) is 4.57. The van der Waals surface area contributed by atoms with Crippen LogP contribution >= 0.6 is 0 Å². The van der Waals surface area contributed by atoms with Crippen molar-refractivity contribution in [1.29, 1.82) is 0 Å². The Hall–Kier alpha value is -1.81. The van der Waals surface area contributed by atoms with Gasteiger partial charge in [-0.1, -0.05) is 30.3 Å². The molecule has 1 heterocycles. The zero-order valence-corrected chi connectivity index (χ0v) is 15.0. The van der Waals surface area contributed by atoms with Crippen molar-refractivity contribution >= 4 is 0 Å². The number of halogens is 3. The highest BCUT2D eigenvalue weighted by molar-refractivity contribution is 5.66. The van der Waals surface area contributed by atoms with E-state index in [-0.39, 0.29) is 0 Å². The lowest BCUT2D eigenvalue weighted by molar-refractivity contribution is -0.137. The summed E-state index contributed by atoms with van der Waals surface area (Å²) in [7, 11) is 0. The molecule has 0 amide bonds. The molecule has 0 N–H and O–H groups in total. The Kier molecular flexibility index (Phi) is 4.55. The van der Waals surface area contributed by atoms with Crippen LogP contribution in [-0.2, 0) is 19.0 Å². The van der Waals surface area contributed by atoms with Crippen LogP contribution in [-0.4, -0.2) is 23.5 Å². The normalized spacial score (nSPS) is 23.8. The summed E-state index contributed by atoms with van der Waals surface area (Å²) in [4.78, 5) is 2.64. The lowest BCUT2D eigenvalue weighted by Gasteiger charge is -2.35. The molecule has 1 aliphatic heterocycles. The van der Waals surface area contributed by atoms with Crippen molar-refractivity contribution in [2.45, 2.75) is 57.3 Å². The van der Waals surface area contributed by atoms with Gasteiger partial charge in [0, 0.05) is 12.1 Å². The molecule has 4 rings (SSSR count). The highest BCUT2D eigenvalue weighted by atomic mass is 19.4. The first-order valence-corrected chi connectivity index (χ1v) is 9.47. The van der Waals surface area contributed by atoms with Crippen LogP contribution in [0.3, 0.4) is 0 Å². The van der Waals surface area contributed by atoms with E-state index in [9.17, 15) is 13.2 Å². The maximum Gasteiger partial charge on any atom is 0.416 e. The summed E-state index contributed by atoms with van der Waals surface area (Å²) < 4.78 is 38.9. The van der Waals surface area contributed by atoms with Gasteiger partial charge in [-0.05, 0) is 80.0 Å². The highest BCUT2D eigenvalue weighted by Gasteiger charge is 2.31. The molecule has 26 heavy (non-hydrogen) atoms. The van der Waals surface area contributed by atoms with E-state index in [1.807, 2.05) is 6.07 Å². The summed E-state index contributed by atoms with van der Waals surface area (Å²) >= 11 is 0. The summed E-state index contributed by atoms with van der Waals surface area (Å²) in [5.74, 6) is 0. The monoisotopic (exact) mass is 359 g/mol. The second-order valence-corrected chi connectivity index (χ2v) is 7.69. The van der Waals surface area contributed by atoms with Gasteiger partial charge >= 0.3 is 6.18 Å². The summed E-state index contributed by atoms with van der Waals surface area (Å²) in [6, 6.07) is 13.1. The van der Waals surface area contributed by atoms with Gasteiger partial charge in [-0.3, -0.25) is 4.90 Å². The fraction of sp³-hybridized carbons (Fsp3) is 0.455. The molecule has 0 saturated carbocycles. The second kappa shape index (κ2) is 6.73. The van der Waals surface area contributed by atoms with Gasteiger partial charge in [-0.25, -0.2) is 0 Å². The van der Waals surface area contributed by atoms with E-state index in [0.717, 1.165) is 30.9 Å². The standard InChI is InChI=1S/C22H24F3N/c1-15-4-3-11-26(15)21-10-9-18-12-17(7-8-19(18)14-21)16-5-2-6-20(13-16)22(23,24)25/h2,5-8,12-13,15,21H,3-4,9-11,14H2,1H3. The number of hydrogen-bond donors (Lipinski definition) is 0. The lowest BCUT2D eigenvalue weighted by Crippen LogP contribution is -2.41. The first-order chi connectivity index (χ1) is 12.4. The van der Waals surface area contributed by atoms with Gasteiger partial charge in [-0.2, -0.15) is 13.2 Å². The maximum atomic E-state index is 13.0. The molecule has 2 aromatic carbocycles. The Morgan fingerprint density at radius 1 is 0.962 bits per heavy atom. The van der Waals surface area contributed by atoms with Crippen LogP contribution in [0.15, 0.2) is 42.5 Å². The molecule has 1 fully saturated rings. The molecule has 138 valence electrons. The van der Waals surface area contributed by atoms with Gasteiger partial charge in [-0.15, -0.1) is 0 Å². The lowest BCUT2D eigenvalue weighted by atomic mass is 9.85. The zero-order valence-electron chi connectivity index (χ0n) is 15.0. The largest absolute Gasteiger partial charge is 0.416 e. The quantitative estimate of drug-likeness (QED) is 0.663. The second-order valence-electron chi connectivity index (χ2n) is 7.69. The van der Waals surface area contributed by atoms with Gasteiger partial charge in [0.1, 0.15) is 0 Å². The fourth-order valence-corrected chi connectivity index (χ4v) is 4.57. The molecule has 4 heteroatoms. The minimum atomic E-state index is -4.30. The van der Waals surface area contributed by atoms with Crippen molar-refractivity contribution in [1.82, 2.24) is 4.90 Å². The molecular formula is C22H24F3N. The van der Waals surface area contributed by atoms with Crippen LogP contribution in [0.1, 0.15) is 42.9 Å². The van der Waals surface area contributed by atoms with Gasteiger partial charge in [0.15, 0.2) is 0 Å². The topological polar surface area (TPSA) is 3.24 Å². The molecule has 2 unspecified atom stereocenters. The van der Waals surface area contributed by atoms with Crippen molar-refractivity contribution in [3.63, 3.8) is 0 Å². The summed E-state index contributed by atoms with van der Waals surface area (Å²) in [5, 5.41) is 0. The van der Waals surface area contributed by atoms with Gasteiger partial charge in [0.05, 0.1) is 5.56 Å². The third kappa shape index (κ3) is 3.39. The summed E-state index contributed by atoms with van der Waals surface area (Å²) in [5.41, 5.74) is 3.58. The van der Waals surface area contributed by atoms with E-state index in [4.69, 9.17) is 0 Å². The smallest absolute Gasteiger partial charge is 0.297 e. The van der Waals surface area contributed by atoms with Crippen LogP contribution in [0.2, 0.25) is 0 Å². The summed E-state index contributed by atoms with van der Waals surface area (Å²) in [6.45, 7) is 3.52. The predicted octanol–water partition coefficient (Wildman–Crippen LogP) is 5.71. The molecule has 2 aromatic rings. The summed E-state index contributed by atoms with van der Waals surface area (Å²) in [6.07, 6.45) is 1.49. The SMILES string of the molecule is CC1CCCN1C1CCc2cc(-c3cccc(C(F)(F)F)c3)ccc2C1. The van der Waals surface area contributed by atoms with Crippen LogP contribution < -0.4 is 0 Å². The maximum absolute atomic E-state index is 13.0. The van der Waals surface area contributed by atoms with Crippen molar-refractivity contribution in [2.24, 2.45) is 0 Å². The molecule has 0 bridgehead atoms. The molecule has 2 atom stereocenters. The Balaban J connectivity index is 1.57. The Morgan fingerprint density at radius 2 is 1.77 bits per heavy atom. The van der Waals surface area contributed by atoms with Gasteiger partial charge in [0.2, 0.25) is 0 Å². The van der Waals surface area contributed by atoms with Gasteiger partial charge in [0.25, 0.3) is 0 Å². The number of benzene rings is 2. The average Bonchev–Trinajstić information content (AvgIpc) is 3.06. The van der Waals surface area contributed by atoms with Crippen molar-refractivity contribution in [2.75, 3.05) is 6.54 Å². The number of nitrogens with zero attached hydrogens (tertiary/aromatic N) is 1. The third-order valence-corrected chi connectivity index (χ3v) is 6.01. The van der Waals surface area contributed by atoms with E-state index in [1.54, 1.807) is 6.07 Å². The number of aryl methyl sites for hydroxylation is 1. The Morgan fingerprint density at radius 3 is 2.50 bits per heavy atom. The highest BCUT2D eigenvalue weighted by Crippen LogP contribution is 2.35. The van der Waals surface area contributed by atoms with Crippen molar-refractivity contribution in [3.8, 4) is 11.1 Å². The minimum Gasteiger partial charge on any atom is -0.297 e. The van der Waals surface area contributed by atoms with Crippen LogP contribution in [0.25, 0.3) is 11.1 Å². The van der Waals surface area contributed by atoms with Gasteiger partial charge < -0.3 is 0 Å². The first kappa shape index (κ1) is 17.6. The third-order valence-electron chi connectivity index (χ3n) is 6.01. The van der Waals surface area contributed by atoms with Crippen LogP contribution in [0.5, 0.6) is 0 Å². The molecule has 0 radical (unpaired) electrons. The number of alkyl halides is 3. The van der Waals surface area contributed by atoms with Crippen molar-refractivity contribution in [3.05, 3.63) is 59.2 Å². The molecule has 2 aliphatic rings. The molecule has 1 nitrogen and oxygen atoms in total. The Labute approximate surface area is 152 Å². The van der Waals surface area contributed by atoms with E-state index in [1.165, 1.54) is 42.6 Å². The first-order valence-electron chi connectivity index (χ1n) is 9.47. The average molecular weight is 359 g/mol. The van der Waals surface area contributed by atoms with E-state index in [0.29, 0.717) is 17.6 Å². The molecule has 1 aliphatic carbocycles. The number of hydrogen-bond acceptors (Lipinski definition) is 1. The van der Waals surface area contributed by atoms with Crippen LogP contribution in [0, 0.1) is 0 Å². The Bertz CT molecular complexity index is 796. The number of rotatable bonds is 2. The zero-order chi connectivity index (χ0) is 18.3.